The van der Waals surface area contributed by atoms with E-state index in [1.165, 1.54) is 0 Å². The predicted molar refractivity (Wildman–Crippen MR) is 30.9 cm³/mol. The lowest BCUT2D eigenvalue weighted by atomic mass is 11.7. The minimum atomic E-state index is 0. The first-order valence-corrected chi connectivity index (χ1v) is 2.62. The van der Waals surface area contributed by atoms with Gasteiger partial charge in [0, 0.05) is 0 Å². The number of thioether (sulfide) groups is 1. The first kappa shape index (κ1) is 9.75. The molecule has 0 fully saturated rings. The summed E-state index contributed by atoms with van der Waals surface area (Å²) in [6.07, 6.45) is 1.92. The van der Waals surface area contributed by atoms with Crippen LogP contribution in [0.4, 0.5) is 0 Å². The number of rotatable bonds is 2. The molecule has 0 unspecified atom stereocenters. The number of hydrogen-bond donors (Lipinski definition) is 1. The summed E-state index contributed by atoms with van der Waals surface area (Å²) in [6, 6.07) is 0. The van der Waals surface area contributed by atoms with Gasteiger partial charge in [-0.15, -0.1) is 24.2 Å². The fraction of sp³-hybridized carbons (Fsp3) is 1.00. The molecule has 0 aliphatic heterocycles. The number of hydrogen-bond acceptors (Lipinski definition) is 3. The van der Waals surface area contributed by atoms with E-state index >= 15 is 0 Å². The highest BCUT2D eigenvalue weighted by Crippen LogP contribution is 1.85. The molecule has 0 radical (unpaired) electrons. The maximum Gasteiger partial charge on any atom is 0.113 e. The molecule has 4 heteroatoms. The Morgan fingerprint density at radius 3 is 2.33 bits per heavy atom. The quantitative estimate of drug-likeness (QED) is 0.439. The molecule has 0 heterocycles. The van der Waals surface area contributed by atoms with E-state index in [9.17, 15) is 0 Å². The SMILES string of the molecule is CSCON.Cl. The molecule has 0 rings (SSSR count). The van der Waals surface area contributed by atoms with Crippen LogP contribution in [0.5, 0.6) is 0 Å². The van der Waals surface area contributed by atoms with Gasteiger partial charge in [-0.05, 0) is 6.26 Å². The van der Waals surface area contributed by atoms with Crippen molar-refractivity contribution in [2.45, 2.75) is 0 Å². The van der Waals surface area contributed by atoms with Gasteiger partial charge in [0.15, 0.2) is 0 Å². The summed E-state index contributed by atoms with van der Waals surface area (Å²) in [4.78, 5) is 4.15. The highest BCUT2D eigenvalue weighted by Gasteiger charge is 1.66. The van der Waals surface area contributed by atoms with Crippen molar-refractivity contribution < 1.29 is 4.84 Å². The van der Waals surface area contributed by atoms with E-state index in [4.69, 9.17) is 0 Å². The Balaban J connectivity index is 0. The van der Waals surface area contributed by atoms with E-state index in [1.54, 1.807) is 11.8 Å². The molecule has 6 heavy (non-hydrogen) atoms. The summed E-state index contributed by atoms with van der Waals surface area (Å²) in [5.41, 5.74) is 0. The standard InChI is InChI=1S/C2H7NOS.ClH/c1-5-2-4-3;/h2-3H2,1H3;1H. The van der Waals surface area contributed by atoms with Crippen molar-refractivity contribution in [3.63, 3.8) is 0 Å². The van der Waals surface area contributed by atoms with E-state index in [-0.39, 0.29) is 12.4 Å². The van der Waals surface area contributed by atoms with Crippen LogP contribution in [0.25, 0.3) is 0 Å². The molecule has 0 amide bonds. The van der Waals surface area contributed by atoms with E-state index < -0.39 is 0 Å². The molecule has 0 aliphatic rings. The molecule has 0 saturated carbocycles. The van der Waals surface area contributed by atoms with Gasteiger partial charge < -0.3 is 0 Å². The lowest BCUT2D eigenvalue weighted by Crippen LogP contribution is -1.95. The van der Waals surface area contributed by atoms with Crippen LogP contribution in [0.1, 0.15) is 0 Å². The zero-order valence-electron chi connectivity index (χ0n) is 3.51. The molecule has 0 bridgehead atoms. The monoisotopic (exact) mass is 129 g/mol. The van der Waals surface area contributed by atoms with Crippen LogP contribution in [-0.4, -0.2) is 12.2 Å². The summed E-state index contributed by atoms with van der Waals surface area (Å²) in [5, 5.41) is 0. The Morgan fingerprint density at radius 1 is 1.83 bits per heavy atom. The Morgan fingerprint density at radius 2 is 2.33 bits per heavy atom. The minimum absolute atomic E-state index is 0. The first-order chi connectivity index (χ1) is 2.41. The molecule has 40 valence electrons. The van der Waals surface area contributed by atoms with Crippen molar-refractivity contribution >= 4 is 24.2 Å². The zero-order valence-corrected chi connectivity index (χ0v) is 5.14. The summed E-state index contributed by atoms with van der Waals surface area (Å²) in [7, 11) is 0. The van der Waals surface area contributed by atoms with Crippen LogP contribution in [0.15, 0.2) is 0 Å². The highest BCUT2D eigenvalue weighted by molar-refractivity contribution is 7.98. The fourth-order valence-corrected chi connectivity index (χ4v) is 0.204. The molecule has 0 saturated heterocycles. The first-order valence-electron chi connectivity index (χ1n) is 1.22. The van der Waals surface area contributed by atoms with Crippen LogP contribution in [0, 0.1) is 0 Å². The largest absolute Gasteiger partial charge is 0.294 e. The summed E-state index contributed by atoms with van der Waals surface area (Å²) in [6.45, 7) is 0. The molecule has 0 aliphatic carbocycles. The maximum atomic E-state index is 4.62. The molecule has 0 aromatic rings. The lowest BCUT2D eigenvalue weighted by molar-refractivity contribution is 0.190. The predicted octanol–water partition coefficient (Wildman–Crippen LogP) is 0.619. The maximum absolute atomic E-state index is 4.62. The fourth-order valence-electron chi connectivity index (χ4n) is 0.0680. The van der Waals surface area contributed by atoms with E-state index in [1.807, 2.05) is 6.26 Å². The summed E-state index contributed by atoms with van der Waals surface area (Å²) in [5.74, 6) is 5.20. The van der Waals surface area contributed by atoms with Gasteiger partial charge in [-0.1, -0.05) is 0 Å². The van der Waals surface area contributed by atoms with Gasteiger partial charge in [0.1, 0.15) is 5.94 Å². The summed E-state index contributed by atoms with van der Waals surface area (Å²) < 4.78 is 0. The average molecular weight is 130 g/mol. The molecule has 2 N–H and O–H groups in total. The van der Waals surface area contributed by atoms with Crippen molar-refractivity contribution in [3.8, 4) is 0 Å². The van der Waals surface area contributed by atoms with E-state index in [2.05, 4.69) is 10.7 Å². The van der Waals surface area contributed by atoms with E-state index in [0.29, 0.717) is 5.94 Å². The Bertz CT molecular complexity index is 21.0. The average Bonchev–Trinajstić information content (AvgIpc) is 1.41. The van der Waals surface area contributed by atoms with Crippen molar-refractivity contribution in [1.29, 1.82) is 0 Å². The van der Waals surface area contributed by atoms with Crippen LogP contribution in [0.3, 0.4) is 0 Å². The smallest absolute Gasteiger partial charge is 0.113 e. The molecule has 2 nitrogen and oxygen atoms in total. The van der Waals surface area contributed by atoms with Crippen molar-refractivity contribution in [2.24, 2.45) is 5.90 Å². The second kappa shape index (κ2) is 9.12. The number of nitrogens with two attached hydrogens (primary N) is 1. The molecular formula is C2H8ClNOS. The van der Waals surface area contributed by atoms with Gasteiger partial charge in [0.05, 0.1) is 0 Å². The lowest BCUT2D eigenvalue weighted by Gasteiger charge is -1.84. The molecule has 0 aromatic heterocycles. The normalized spacial score (nSPS) is 7.00. The topological polar surface area (TPSA) is 35.2 Å². The third kappa shape index (κ3) is 8.82. The van der Waals surface area contributed by atoms with Crippen molar-refractivity contribution in [2.75, 3.05) is 12.2 Å². The molecule has 0 atom stereocenters. The van der Waals surface area contributed by atoms with Crippen LogP contribution < -0.4 is 5.90 Å². The highest BCUT2D eigenvalue weighted by atomic mass is 35.5. The Kier molecular flexibility index (Phi) is 14.8. The van der Waals surface area contributed by atoms with Gasteiger partial charge in [0.2, 0.25) is 0 Å². The Labute approximate surface area is 47.8 Å². The summed E-state index contributed by atoms with van der Waals surface area (Å²) >= 11 is 1.55. The van der Waals surface area contributed by atoms with E-state index in [0.717, 1.165) is 0 Å². The van der Waals surface area contributed by atoms with Gasteiger partial charge >= 0.3 is 0 Å². The van der Waals surface area contributed by atoms with Crippen molar-refractivity contribution in [1.82, 2.24) is 0 Å². The van der Waals surface area contributed by atoms with Crippen LogP contribution in [0.2, 0.25) is 0 Å². The second-order valence-corrected chi connectivity index (χ2v) is 1.39. The van der Waals surface area contributed by atoms with Crippen molar-refractivity contribution in [3.05, 3.63) is 0 Å². The van der Waals surface area contributed by atoms with Gasteiger partial charge in [-0.3, -0.25) is 4.84 Å². The zero-order chi connectivity index (χ0) is 4.12. The molecule has 0 spiro atoms. The van der Waals surface area contributed by atoms with Gasteiger partial charge in [-0.25, -0.2) is 5.90 Å². The van der Waals surface area contributed by atoms with Gasteiger partial charge in [-0.2, -0.15) is 0 Å². The van der Waals surface area contributed by atoms with Crippen LogP contribution >= 0.6 is 24.2 Å². The second-order valence-electron chi connectivity index (χ2n) is 0.573. The van der Waals surface area contributed by atoms with Gasteiger partial charge in [0.25, 0.3) is 0 Å². The Hall–Kier alpha value is 0.560. The minimum Gasteiger partial charge on any atom is -0.294 e. The number of halogens is 1. The molecular weight excluding hydrogens is 122 g/mol. The molecule has 0 aromatic carbocycles. The van der Waals surface area contributed by atoms with Crippen LogP contribution in [-0.2, 0) is 4.84 Å². The third-order valence-electron chi connectivity index (χ3n) is 0.186. The third-order valence-corrected chi connectivity index (χ3v) is 0.558.